The molecule has 0 aliphatic carbocycles. The molecule has 2 N–H and O–H groups in total. The number of rotatable bonds is 12. The van der Waals surface area contributed by atoms with Crippen molar-refractivity contribution in [1.29, 1.82) is 0 Å². The number of hydrogen-bond acceptors (Lipinski definition) is 8. The molecule has 0 atom stereocenters. The van der Waals surface area contributed by atoms with Crippen LogP contribution in [0.1, 0.15) is 31.3 Å². The van der Waals surface area contributed by atoms with Crippen LogP contribution in [-0.2, 0) is 12.3 Å². The van der Waals surface area contributed by atoms with E-state index in [9.17, 15) is 0 Å². The SMILES string of the molecule is CCCCNc1nsnc1NCCSCc1ccc(CN(C)C)o1. The average molecular weight is 370 g/mol. The van der Waals surface area contributed by atoms with E-state index in [2.05, 4.69) is 43.3 Å². The van der Waals surface area contributed by atoms with E-state index < -0.39 is 0 Å². The maximum atomic E-state index is 5.81. The van der Waals surface area contributed by atoms with E-state index in [0.29, 0.717) is 0 Å². The lowest BCUT2D eigenvalue weighted by Crippen LogP contribution is -2.09. The second-order valence-electron chi connectivity index (χ2n) is 5.83. The van der Waals surface area contributed by atoms with Crippen molar-refractivity contribution in [2.45, 2.75) is 32.1 Å². The van der Waals surface area contributed by atoms with E-state index in [1.54, 1.807) is 0 Å². The number of anilines is 2. The molecule has 0 unspecified atom stereocenters. The Morgan fingerprint density at radius 3 is 2.54 bits per heavy atom. The molecule has 2 aromatic heterocycles. The monoisotopic (exact) mass is 369 g/mol. The highest BCUT2D eigenvalue weighted by Crippen LogP contribution is 2.19. The van der Waals surface area contributed by atoms with Gasteiger partial charge in [-0.3, -0.25) is 0 Å². The Hall–Kier alpha value is -1.25. The molecule has 0 bridgehead atoms. The third kappa shape index (κ3) is 6.70. The number of unbranched alkanes of at least 4 members (excludes halogenated alkanes) is 1. The van der Waals surface area contributed by atoms with Crippen molar-refractivity contribution in [2.24, 2.45) is 0 Å². The quantitative estimate of drug-likeness (QED) is 0.552. The molecule has 0 aliphatic heterocycles. The Morgan fingerprint density at radius 1 is 1.12 bits per heavy atom. The highest BCUT2D eigenvalue weighted by Gasteiger charge is 2.07. The van der Waals surface area contributed by atoms with Crippen molar-refractivity contribution >= 4 is 35.1 Å². The van der Waals surface area contributed by atoms with Crippen LogP contribution in [0, 0.1) is 0 Å². The van der Waals surface area contributed by atoms with Crippen LogP contribution < -0.4 is 10.6 Å². The molecule has 6 nitrogen and oxygen atoms in total. The molecule has 0 aromatic carbocycles. The average Bonchev–Trinajstić information content (AvgIpc) is 3.16. The molecular formula is C16H27N5OS2. The van der Waals surface area contributed by atoms with E-state index in [1.165, 1.54) is 18.1 Å². The van der Waals surface area contributed by atoms with Crippen molar-refractivity contribution in [1.82, 2.24) is 13.6 Å². The van der Waals surface area contributed by atoms with Crippen LogP contribution >= 0.6 is 23.5 Å². The fourth-order valence-corrected chi connectivity index (χ4v) is 3.37. The normalized spacial score (nSPS) is 11.2. The van der Waals surface area contributed by atoms with Gasteiger partial charge in [0.1, 0.15) is 11.5 Å². The van der Waals surface area contributed by atoms with Crippen LogP contribution in [0.2, 0.25) is 0 Å². The molecule has 0 saturated heterocycles. The molecule has 2 heterocycles. The van der Waals surface area contributed by atoms with Gasteiger partial charge in [-0.05, 0) is 32.6 Å². The smallest absolute Gasteiger partial charge is 0.184 e. The van der Waals surface area contributed by atoms with E-state index in [1.807, 2.05) is 25.9 Å². The molecule has 8 heteroatoms. The van der Waals surface area contributed by atoms with Gasteiger partial charge < -0.3 is 20.0 Å². The van der Waals surface area contributed by atoms with Crippen molar-refractivity contribution < 1.29 is 4.42 Å². The first-order chi connectivity index (χ1) is 11.7. The van der Waals surface area contributed by atoms with Gasteiger partial charge in [-0.15, -0.1) is 0 Å². The molecule has 134 valence electrons. The minimum Gasteiger partial charge on any atom is -0.464 e. The largest absolute Gasteiger partial charge is 0.464 e. The second-order valence-corrected chi connectivity index (χ2v) is 7.46. The van der Waals surface area contributed by atoms with Crippen molar-refractivity contribution in [3.63, 3.8) is 0 Å². The van der Waals surface area contributed by atoms with Gasteiger partial charge in [-0.1, -0.05) is 13.3 Å². The summed E-state index contributed by atoms with van der Waals surface area (Å²) >= 11 is 3.09. The molecular weight excluding hydrogens is 342 g/mol. The zero-order chi connectivity index (χ0) is 17.2. The highest BCUT2D eigenvalue weighted by molar-refractivity contribution is 7.98. The summed E-state index contributed by atoms with van der Waals surface area (Å²) < 4.78 is 14.4. The number of aromatic nitrogens is 2. The van der Waals surface area contributed by atoms with Crippen LogP contribution in [0.3, 0.4) is 0 Å². The first-order valence-electron chi connectivity index (χ1n) is 8.29. The maximum Gasteiger partial charge on any atom is 0.184 e. The minimum absolute atomic E-state index is 0.844. The fraction of sp³-hybridized carbons (Fsp3) is 0.625. The molecule has 2 rings (SSSR count). The molecule has 0 radical (unpaired) electrons. The number of thioether (sulfide) groups is 1. The third-order valence-corrected chi connectivity index (χ3v) is 4.79. The van der Waals surface area contributed by atoms with Gasteiger partial charge in [0, 0.05) is 18.8 Å². The molecule has 2 aromatic rings. The van der Waals surface area contributed by atoms with Crippen molar-refractivity contribution in [2.75, 3.05) is 43.6 Å². The molecule has 24 heavy (non-hydrogen) atoms. The fourth-order valence-electron chi connectivity index (χ4n) is 2.12. The Morgan fingerprint density at radius 2 is 1.83 bits per heavy atom. The first kappa shape index (κ1) is 19.1. The third-order valence-electron chi connectivity index (χ3n) is 3.28. The molecule has 0 spiro atoms. The van der Waals surface area contributed by atoms with E-state index in [4.69, 9.17) is 4.42 Å². The maximum absolute atomic E-state index is 5.81. The summed E-state index contributed by atoms with van der Waals surface area (Å²) in [4.78, 5) is 2.10. The molecule has 0 fully saturated rings. The first-order valence-corrected chi connectivity index (χ1v) is 10.2. The molecule has 0 aliphatic rings. The van der Waals surface area contributed by atoms with Crippen LogP contribution in [0.15, 0.2) is 16.5 Å². The van der Waals surface area contributed by atoms with Gasteiger partial charge in [0.25, 0.3) is 0 Å². The van der Waals surface area contributed by atoms with E-state index in [0.717, 1.165) is 60.7 Å². The van der Waals surface area contributed by atoms with Crippen molar-refractivity contribution in [3.05, 3.63) is 23.7 Å². The summed E-state index contributed by atoms with van der Waals surface area (Å²) in [7, 11) is 4.09. The Kier molecular flexibility index (Phi) is 8.41. The minimum atomic E-state index is 0.844. The lowest BCUT2D eigenvalue weighted by atomic mass is 10.3. The summed E-state index contributed by atoms with van der Waals surface area (Å²) in [6, 6.07) is 4.13. The van der Waals surface area contributed by atoms with Gasteiger partial charge in [0.05, 0.1) is 24.0 Å². The van der Waals surface area contributed by atoms with E-state index in [-0.39, 0.29) is 0 Å². The number of nitrogens with zero attached hydrogens (tertiary/aromatic N) is 3. The van der Waals surface area contributed by atoms with Crippen LogP contribution in [0.5, 0.6) is 0 Å². The topological polar surface area (TPSA) is 66.2 Å². The van der Waals surface area contributed by atoms with Crippen LogP contribution in [-0.4, -0.2) is 46.6 Å². The van der Waals surface area contributed by atoms with E-state index >= 15 is 0 Å². The lowest BCUT2D eigenvalue weighted by molar-refractivity contribution is 0.344. The Labute approximate surface area is 152 Å². The Balaban J connectivity index is 1.63. The van der Waals surface area contributed by atoms with Crippen molar-refractivity contribution in [3.8, 4) is 0 Å². The summed E-state index contributed by atoms with van der Waals surface area (Å²) in [6.07, 6.45) is 2.32. The summed E-state index contributed by atoms with van der Waals surface area (Å²) in [6.45, 7) is 4.83. The van der Waals surface area contributed by atoms with Gasteiger partial charge in [0.15, 0.2) is 11.6 Å². The van der Waals surface area contributed by atoms with Gasteiger partial charge in [0.2, 0.25) is 0 Å². The standard InChI is InChI=1S/C16H27N5OS2/c1-4-5-8-17-15-16(20-24-19-15)18-9-10-23-12-14-7-6-13(22-14)11-21(2)3/h6-7H,4-5,8-12H2,1-3H3,(H,17,19)(H,18,20). The zero-order valence-electron chi connectivity index (χ0n) is 14.7. The summed E-state index contributed by atoms with van der Waals surface area (Å²) in [5.74, 6) is 5.68. The summed E-state index contributed by atoms with van der Waals surface area (Å²) in [5, 5.41) is 6.68. The van der Waals surface area contributed by atoms with Gasteiger partial charge >= 0.3 is 0 Å². The van der Waals surface area contributed by atoms with Gasteiger partial charge in [-0.25, -0.2) is 0 Å². The Bertz CT molecular complexity index is 585. The molecule has 0 amide bonds. The summed E-state index contributed by atoms with van der Waals surface area (Å²) in [5.41, 5.74) is 0. The molecule has 0 saturated carbocycles. The highest BCUT2D eigenvalue weighted by atomic mass is 32.2. The number of nitrogens with one attached hydrogen (secondary N) is 2. The zero-order valence-corrected chi connectivity index (χ0v) is 16.3. The van der Waals surface area contributed by atoms with Gasteiger partial charge in [-0.2, -0.15) is 20.5 Å². The number of furan rings is 1. The van der Waals surface area contributed by atoms with Crippen LogP contribution in [0.25, 0.3) is 0 Å². The number of hydrogen-bond donors (Lipinski definition) is 2. The lowest BCUT2D eigenvalue weighted by Gasteiger charge is -2.07. The second kappa shape index (κ2) is 10.6. The van der Waals surface area contributed by atoms with Crippen LogP contribution in [0.4, 0.5) is 11.6 Å². The predicted octanol–water partition coefficient (Wildman–Crippen LogP) is 3.75. The predicted molar refractivity (Wildman–Crippen MR) is 104 cm³/mol.